The van der Waals surface area contributed by atoms with Crippen LogP contribution in [0.2, 0.25) is 0 Å². The number of allylic oxidation sites excluding steroid dienone is 2. The van der Waals surface area contributed by atoms with Gasteiger partial charge in [0, 0.05) is 11.1 Å². The number of halogens is 3. The average molecular weight is 451 g/mol. The van der Waals surface area contributed by atoms with E-state index in [1.807, 2.05) is 12.1 Å². The van der Waals surface area contributed by atoms with Crippen molar-refractivity contribution in [2.45, 2.75) is 45.4 Å². The van der Waals surface area contributed by atoms with Gasteiger partial charge in [-0.15, -0.1) is 0 Å². The van der Waals surface area contributed by atoms with Crippen LogP contribution < -0.4 is 4.74 Å². The van der Waals surface area contributed by atoms with Gasteiger partial charge in [0.05, 0.1) is 6.61 Å². The third-order valence-corrected chi connectivity index (χ3v) is 6.55. The van der Waals surface area contributed by atoms with Gasteiger partial charge in [-0.3, -0.25) is 0 Å². The van der Waals surface area contributed by atoms with E-state index in [0.29, 0.717) is 28.5 Å². The van der Waals surface area contributed by atoms with Gasteiger partial charge in [-0.05, 0) is 86.3 Å². The van der Waals surface area contributed by atoms with Crippen LogP contribution in [0.1, 0.15) is 51.0 Å². The summed E-state index contributed by atoms with van der Waals surface area (Å²) >= 11 is 0. The Morgan fingerprint density at radius 3 is 2.06 bits per heavy atom. The molecule has 3 aromatic rings. The van der Waals surface area contributed by atoms with Gasteiger partial charge < -0.3 is 4.74 Å². The lowest BCUT2D eigenvalue weighted by molar-refractivity contribution is 0.314. The SMILES string of the molecule is C/C=C/C1CCC(c2ccc(-c3ccc(-c4ccc(OCC)c(F)c4F)cc3)c(F)c2)CC1. The molecule has 0 N–H and O–H groups in total. The molecule has 1 nitrogen and oxygen atoms in total. The summed E-state index contributed by atoms with van der Waals surface area (Å²) in [6, 6.07) is 15.3. The third kappa shape index (κ3) is 5.00. The topological polar surface area (TPSA) is 9.23 Å². The van der Waals surface area contributed by atoms with Gasteiger partial charge in [0.1, 0.15) is 5.82 Å². The second-order valence-electron chi connectivity index (χ2n) is 8.63. The van der Waals surface area contributed by atoms with E-state index in [9.17, 15) is 8.78 Å². The second-order valence-corrected chi connectivity index (χ2v) is 8.63. The maximum atomic E-state index is 15.0. The normalized spacial score (nSPS) is 18.6. The van der Waals surface area contributed by atoms with E-state index in [-0.39, 0.29) is 23.7 Å². The fourth-order valence-corrected chi connectivity index (χ4v) is 4.79. The minimum absolute atomic E-state index is 0.104. The molecule has 4 heteroatoms. The van der Waals surface area contributed by atoms with Crippen molar-refractivity contribution >= 4 is 0 Å². The highest BCUT2D eigenvalue weighted by Gasteiger charge is 2.22. The molecular formula is C29H29F3O. The maximum Gasteiger partial charge on any atom is 0.201 e. The smallest absolute Gasteiger partial charge is 0.201 e. The first-order valence-electron chi connectivity index (χ1n) is 11.7. The Bertz CT molecular complexity index is 1130. The van der Waals surface area contributed by atoms with Gasteiger partial charge in [-0.1, -0.05) is 48.6 Å². The maximum absolute atomic E-state index is 15.0. The third-order valence-electron chi connectivity index (χ3n) is 6.55. The van der Waals surface area contributed by atoms with Crippen LogP contribution in [-0.2, 0) is 0 Å². The first-order chi connectivity index (χ1) is 16.0. The van der Waals surface area contributed by atoms with E-state index in [0.717, 1.165) is 31.2 Å². The van der Waals surface area contributed by atoms with Crippen molar-refractivity contribution in [2.24, 2.45) is 5.92 Å². The van der Waals surface area contributed by atoms with E-state index in [4.69, 9.17) is 4.74 Å². The Labute approximate surface area is 193 Å². The lowest BCUT2D eigenvalue weighted by Crippen LogP contribution is -2.12. The molecule has 1 aliphatic carbocycles. The van der Waals surface area contributed by atoms with Gasteiger partial charge >= 0.3 is 0 Å². The fraction of sp³-hybridized carbons (Fsp3) is 0.310. The molecule has 172 valence electrons. The molecule has 0 aromatic heterocycles. The molecule has 0 heterocycles. The molecule has 0 bridgehead atoms. The minimum atomic E-state index is -1.00. The Balaban J connectivity index is 1.52. The summed E-state index contributed by atoms with van der Waals surface area (Å²) in [6.45, 7) is 4.02. The van der Waals surface area contributed by atoms with Crippen molar-refractivity contribution in [1.82, 2.24) is 0 Å². The van der Waals surface area contributed by atoms with Gasteiger partial charge in [0.2, 0.25) is 5.82 Å². The molecule has 33 heavy (non-hydrogen) atoms. The Kier molecular flexibility index (Phi) is 7.22. The molecule has 4 rings (SSSR count). The predicted molar refractivity (Wildman–Crippen MR) is 128 cm³/mol. The van der Waals surface area contributed by atoms with Crippen molar-refractivity contribution < 1.29 is 17.9 Å². The lowest BCUT2D eigenvalue weighted by Gasteiger charge is -2.27. The summed E-state index contributed by atoms with van der Waals surface area (Å²) in [6.07, 6.45) is 8.83. The zero-order valence-corrected chi connectivity index (χ0v) is 19.1. The van der Waals surface area contributed by atoms with Crippen LogP contribution in [-0.4, -0.2) is 6.61 Å². The van der Waals surface area contributed by atoms with Crippen molar-refractivity contribution in [2.75, 3.05) is 6.61 Å². The van der Waals surface area contributed by atoms with Crippen LogP contribution >= 0.6 is 0 Å². The quantitative estimate of drug-likeness (QED) is 0.341. The Morgan fingerprint density at radius 1 is 0.818 bits per heavy atom. The fourth-order valence-electron chi connectivity index (χ4n) is 4.79. The summed E-state index contributed by atoms with van der Waals surface area (Å²) in [7, 11) is 0. The molecule has 1 aliphatic rings. The summed E-state index contributed by atoms with van der Waals surface area (Å²) in [5, 5.41) is 0. The first kappa shape index (κ1) is 23.2. The van der Waals surface area contributed by atoms with E-state index < -0.39 is 11.6 Å². The van der Waals surface area contributed by atoms with Gasteiger partial charge in [-0.2, -0.15) is 4.39 Å². The first-order valence-corrected chi connectivity index (χ1v) is 11.7. The van der Waals surface area contributed by atoms with E-state index >= 15 is 4.39 Å². The highest BCUT2D eigenvalue weighted by molar-refractivity contribution is 5.71. The van der Waals surface area contributed by atoms with E-state index in [2.05, 4.69) is 19.1 Å². The van der Waals surface area contributed by atoms with Gasteiger partial charge in [0.25, 0.3) is 0 Å². The van der Waals surface area contributed by atoms with Crippen molar-refractivity contribution in [3.05, 3.63) is 89.8 Å². The van der Waals surface area contributed by atoms with Gasteiger partial charge in [-0.25, -0.2) is 8.78 Å². The van der Waals surface area contributed by atoms with E-state index in [1.165, 1.54) is 12.1 Å². The summed E-state index contributed by atoms with van der Waals surface area (Å²) in [5.74, 6) is -1.27. The summed E-state index contributed by atoms with van der Waals surface area (Å²) in [4.78, 5) is 0. The molecule has 0 amide bonds. The highest BCUT2D eigenvalue weighted by atomic mass is 19.2. The minimum Gasteiger partial charge on any atom is -0.491 e. The zero-order chi connectivity index (χ0) is 23.4. The Morgan fingerprint density at radius 2 is 1.45 bits per heavy atom. The molecule has 0 unspecified atom stereocenters. The van der Waals surface area contributed by atoms with Crippen molar-refractivity contribution in [3.63, 3.8) is 0 Å². The van der Waals surface area contributed by atoms with Crippen molar-refractivity contribution in [3.8, 4) is 28.0 Å². The zero-order valence-electron chi connectivity index (χ0n) is 19.1. The largest absolute Gasteiger partial charge is 0.491 e. The molecule has 0 aliphatic heterocycles. The predicted octanol–water partition coefficient (Wildman–Crippen LogP) is 8.69. The molecular weight excluding hydrogens is 421 g/mol. The highest BCUT2D eigenvalue weighted by Crippen LogP contribution is 2.38. The van der Waals surface area contributed by atoms with Crippen LogP contribution in [0.4, 0.5) is 13.2 Å². The average Bonchev–Trinajstić information content (AvgIpc) is 2.83. The van der Waals surface area contributed by atoms with Crippen LogP contribution in [0.3, 0.4) is 0 Å². The Hall–Kier alpha value is -3.01. The van der Waals surface area contributed by atoms with Crippen LogP contribution in [0.15, 0.2) is 66.7 Å². The number of benzene rings is 3. The van der Waals surface area contributed by atoms with E-state index in [1.54, 1.807) is 37.3 Å². The molecule has 1 saturated carbocycles. The number of rotatable bonds is 6. The van der Waals surface area contributed by atoms with Crippen LogP contribution in [0.25, 0.3) is 22.3 Å². The molecule has 0 spiro atoms. The monoisotopic (exact) mass is 450 g/mol. The number of hydrogen-bond donors (Lipinski definition) is 0. The molecule has 0 atom stereocenters. The number of ether oxygens (including phenoxy) is 1. The lowest BCUT2D eigenvalue weighted by atomic mass is 9.78. The molecule has 0 saturated heterocycles. The van der Waals surface area contributed by atoms with Crippen molar-refractivity contribution in [1.29, 1.82) is 0 Å². The summed E-state index contributed by atoms with van der Waals surface area (Å²) in [5.41, 5.74) is 2.93. The van der Waals surface area contributed by atoms with Gasteiger partial charge in [0.15, 0.2) is 11.6 Å². The number of hydrogen-bond acceptors (Lipinski definition) is 1. The second kappa shape index (κ2) is 10.3. The standard InChI is InChI=1S/C29H29F3O/c1-3-5-19-6-8-20(9-7-19)23-14-15-24(26(30)18-23)21-10-12-22(13-11-21)25-16-17-27(33-4-2)29(32)28(25)31/h3,5,10-20H,4,6-9H2,1-2H3/b5-3+. The van der Waals surface area contributed by atoms with Crippen LogP contribution in [0, 0.1) is 23.4 Å². The van der Waals surface area contributed by atoms with Crippen LogP contribution in [0.5, 0.6) is 5.75 Å². The molecule has 1 fully saturated rings. The molecule has 0 radical (unpaired) electrons. The molecule has 3 aromatic carbocycles. The summed E-state index contributed by atoms with van der Waals surface area (Å²) < 4.78 is 48.9.